The maximum atomic E-state index is 12.8. The van der Waals surface area contributed by atoms with E-state index in [4.69, 9.17) is 4.74 Å². The Kier molecular flexibility index (Phi) is 8.94. The Labute approximate surface area is 234 Å². The molecule has 4 rings (SSSR count). The van der Waals surface area contributed by atoms with E-state index in [1.807, 2.05) is 48.5 Å². The topological polar surface area (TPSA) is 185 Å². The van der Waals surface area contributed by atoms with Gasteiger partial charge < -0.3 is 15.2 Å². The Bertz CT molecular complexity index is 1530. The van der Waals surface area contributed by atoms with E-state index < -0.39 is 46.0 Å². The van der Waals surface area contributed by atoms with Crippen LogP contribution in [-0.2, 0) is 24.3 Å². The molecule has 3 aromatic carbocycles. The standard InChI is InChI=1S/C27H26N4O9S/c32-25(28-13-14-29-41(38,39)19-11-9-18(10-12-19)31(36)37)15-30(16-26(33)34)27(35)40-17-24-22-7-3-1-5-20(22)21-6-2-4-8-23(21)24/h1-12,24,29H,13-17H2,(H,28,32)(H,33,34). The number of carbonyl (C=O) groups excluding carboxylic acids is 2. The van der Waals surface area contributed by atoms with Crippen LogP contribution in [0.25, 0.3) is 11.1 Å². The van der Waals surface area contributed by atoms with Gasteiger partial charge in [-0.2, -0.15) is 0 Å². The number of ether oxygens (including phenoxy) is 1. The number of nitro groups is 1. The van der Waals surface area contributed by atoms with Gasteiger partial charge in [-0.25, -0.2) is 17.9 Å². The lowest BCUT2D eigenvalue weighted by atomic mass is 9.98. The van der Waals surface area contributed by atoms with Crippen LogP contribution >= 0.6 is 0 Å². The Morgan fingerprint density at radius 3 is 2.05 bits per heavy atom. The van der Waals surface area contributed by atoms with E-state index in [9.17, 15) is 38.0 Å². The molecule has 0 saturated carbocycles. The lowest BCUT2D eigenvalue weighted by Crippen LogP contribution is -2.45. The quantitative estimate of drug-likeness (QED) is 0.164. The largest absolute Gasteiger partial charge is 0.480 e. The van der Waals surface area contributed by atoms with Crippen molar-refractivity contribution in [3.63, 3.8) is 0 Å². The smallest absolute Gasteiger partial charge is 0.410 e. The molecule has 0 atom stereocenters. The summed E-state index contributed by atoms with van der Waals surface area (Å²) in [6.45, 7) is -1.87. The molecule has 2 amide bonds. The predicted octanol–water partition coefficient (Wildman–Crippen LogP) is 2.33. The van der Waals surface area contributed by atoms with Crippen molar-refractivity contribution in [1.82, 2.24) is 14.9 Å². The molecule has 14 heteroatoms. The van der Waals surface area contributed by atoms with E-state index in [1.54, 1.807) is 0 Å². The van der Waals surface area contributed by atoms with Gasteiger partial charge in [0.05, 0.1) is 9.82 Å². The number of carboxylic acid groups (broad SMARTS) is 1. The van der Waals surface area contributed by atoms with Gasteiger partial charge in [0, 0.05) is 31.1 Å². The number of sulfonamides is 1. The molecule has 0 saturated heterocycles. The van der Waals surface area contributed by atoms with E-state index in [-0.39, 0.29) is 36.2 Å². The third-order valence-electron chi connectivity index (χ3n) is 6.35. The molecule has 0 aromatic heterocycles. The average Bonchev–Trinajstić information content (AvgIpc) is 3.27. The summed E-state index contributed by atoms with van der Waals surface area (Å²) in [7, 11) is -4.00. The highest BCUT2D eigenvalue weighted by Gasteiger charge is 2.30. The second-order valence-electron chi connectivity index (χ2n) is 9.05. The van der Waals surface area contributed by atoms with Crippen molar-refractivity contribution in [3.05, 3.63) is 94.0 Å². The molecule has 214 valence electrons. The number of aliphatic carboxylic acids is 1. The van der Waals surface area contributed by atoms with Crippen LogP contribution in [0.1, 0.15) is 17.0 Å². The van der Waals surface area contributed by atoms with Gasteiger partial charge >= 0.3 is 12.1 Å². The van der Waals surface area contributed by atoms with Gasteiger partial charge in [0.25, 0.3) is 5.69 Å². The second-order valence-corrected chi connectivity index (χ2v) is 10.8. The minimum atomic E-state index is -4.00. The fourth-order valence-electron chi connectivity index (χ4n) is 4.48. The molecular weight excluding hydrogens is 556 g/mol. The summed E-state index contributed by atoms with van der Waals surface area (Å²) < 4.78 is 32.4. The summed E-state index contributed by atoms with van der Waals surface area (Å²) in [4.78, 5) is 47.2. The van der Waals surface area contributed by atoms with E-state index in [1.165, 1.54) is 0 Å². The number of rotatable bonds is 12. The van der Waals surface area contributed by atoms with E-state index in [0.717, 1.165) is 51.4 Å². The molecular formula is C27H26N4O9S. The number of benzene rings is 3. The zero-order valence-electron chi connectivity index (χ0n) is 21.6. The zero-order chi connectivity index (χ0) is 29.6. The summed E-state index contributed by atoms with van der Waals surface area (Å²) >= 11 is 0. The molecule has 3 aromatic rings. The molecule has 1 aliphatic rings. The summed E-state index contributed by atoms with van der Waals surface area (Å²) in [5.74, 6) is -2.33. The van der Waals surface area contributed by atoms with Gasteiger partial charge in [0.1, 0.15) is 19.7 Å². The summed E-state index contributed by atoms with van der Waals surface area (Å²) in [6.07, 6.45) is -0.983. The van der Waals surface area contributed by atoms with Gasteiger partial charge in [0.2, 0.25) is 15.9 Å². The number of nitrogens with one attached hydrogen (secondary N) is 2. The molecule has 0 heterocycles. The number of hydrogen-bond acceptors (Lipinski definition) is 8. The fraction of sp³-hybridized carbons (Fsp3) is 0.222. The fourth-order valence-corrected chi connectivity index (χ4v) is 5.51. The summed E-state index contributed by atoms with van der Waals surface area (Å²) in [6, 6.07) is 19.7. The van der Waals surface area contributed by atoms with Crippen LogP contribution in [0.3, 0.4) is 0 Å². The number of fused-ring (bicyclic) bond motifs is 3. The van der Waals surface area contributed by atoms with E-state index in [2.05, 4.69) is 10.0 Å². The Hall–Kier alpha value is -4.82. The molecule has 1 aliphatic carbocycles. The van der Waals surface area contributed by atoms with Crippen molar-refractivity contribution in [3.8, 4) is 11.1 Å². The lowest BCUT2D eigenvalue weighted by Gasteiger charge is -2.21. The molecule has 0 unspecified atom stereocenters. The molecule has 0 bridgehead atoms. The highest BCUT2D eigenvalue weighted by atomic mass is 32.2. The maximum absolute atomic E-state index is 12.8. The second kappa shape index (κ2) is 12.6. The van der Waals surface area contributed by atoms with Crippen molar-refractivity contribution in [1.29, 1.82) is 0 Å². The molecule has 3 N–H and O–H groups in total. The summed E-state index contributed by atoms with van der Waals surface area (Å²) in [5, 5.41) is 22.4. The van der Waals surface area contributed by atoms with Gasteiger partial charge in [-0.3, -0.25) is 24.6 Å². The van der Waals surface area contributed by atoms with Crippen LogP contribution in [0, 0.1) is 10.1 Å². The van der Waals surface area contributed by atoms with Gasteiger partial charge in [-0.05, 0) is 34.4 Å². The van der Waals surface area contributed by atoms with Gasteiger partial charge in [0.15, 0.2) is 0 Å². The average molecular weight is 583 g/mol. The van der Waals surface area contributed by atoms with Crippen LogP contribution in [-0.4, -0.2) is 74.1 Å². The first-order valence-electron chi connectivity index (χ1n) is 12.4. The van der Waals surface area contributed by atoms with Crippen molar-refractivity contribution in [2.45, 2.75) is 10.8 Å². The highest BCUT2D eigenvalue weighted by molar-refractivity contribution is 7.89. The number of nitrogens with zero attached hydrogens (tertiary/aromatic N) is 2. The van der Waals surface area contributed by atoms with Crippen molar-refractivity contribution >= 4 is 33.7 Å². The molecule has 0 fully saturated rings. The Morgan fingerprint density at radius 1 is 0.902 bits per heavy atom. The first kappa shape index (κ1) is 29.2. The van der Waals surface area contributed by atoms with Crippen molar-refractivity contribution in [2.75, 3.05) is 32.8 Å². The van der Waals surface area contributed by atoms with Crippen LogP contribution in [0.2, 0.25) is 0 Å². The molecule has 13 nitrogen and oxygen atoms in total. The number of carbonyl (C=O) groups is 3. The number of carboxylic acids is 1. The SMILES string of the molecule is O=C(O)CN(CC(=O)NCCNS(=O)(=O)c1ccc([N+](=O)[O-])cc1)C(=O)OCC1c2ccccc2-c2ccccc21. The summed E-state index contributed by atoms with van der Waals surface area (Å²) in [5.41, 5.74) is 3.73. The predicted molar refractivity (Wildman–Crippen MR) is 146 cm³/mol. The number of hydrogen-bond donors (Lipinski definition) is 3. The maximum Gasteiger partial charge on any atom is 0.410 e. The zero-order valence-corrected chi connectivity index (χ0v) is 22.4. The lowest BCUT2D eigenvalue weighted by molar-refractivity contribution is -0.384. The van der Waals surface area contributed by atoms with Crippen molar-refractivity contribution in [2.24, 2.45) is 0 Å². The first-order chi connectivity index (χ1) is 19.6. The molecule has 41 heavy (non-hydrogen) atoms. The minimum absolute atomic E-state index is 0.0605. The molecule has 0 radical (unpaired) electrons. The monoisotopic (exact) mass is 582 g/mol. The number of nitro benzene ring substituents is 1. The minimum Gasteiger partial charge on any atom is -0.480 e. The third kappa shape index (κ3) is 7.04. The molecule has 0 spiro atoms. The van der Waals surface area contributed by atoms with E-state index >= 15 is 0 Å². The van der Waals surface area contributed by atoms with Crippen LogP contribution < -0.4 is 10.0 Å². The van der Waals surface area contributed by atoms with Crippen molar-refractivity contribution < 1.29 is 37.6 Å². The number of non-ortho nitro benzene ring substituents is 1. The van der Waals surface area contributed by atoms with Gasteiger partial charge in [-0.15, -0.1) is 0 Å². The Morgan fingerprint density at radius 2 is 1.49 bits per heavy atom. The van der Waals surface area contributed by atoms with Crippen LogP contribution in [0.5, 0.6) is 0 Å². The Balaban J connectivity index is 1.30. The highest BCUT2D eigenvalue weighted by Crippen LogP contribution is 2.44. The van der Waals surface area contributed by atoms with Gasteiger partial charge in [-0.1, -0.05) is 48.5 Å². The third-order valence-corrected chi connectivity index (χ3v) is 7.83. The van der Waals surface area contributed by atoms with Crippen LogP contribution in [0.15, 0.2) is 77.7 Å². The first-order valence-corrected chi connectivity index (χ1v) is 13.9. The normalized spacial score (nSPS) is 12.2. The number of amides is 2. The van der Waals surface area contributed by atoms with E-state index in [0.29, 0.717) is 0 Å². The molecule has 0 aliphatic heterocycles. The van der Waals surface area contributed by atoms with Crippen LogP contribution in [0.4, 0.5) is 10.5 Å².